The van der Waals surface area contributed by atoms with E-state index in [1.54, 1.807) is 24.3 Å². The number of halogens is 1. The molecular formula is C18H15FN4O3. The van der Waals surface area contributed by atoms with Gasteiger partial charge in [0.2, 0.25) is 5.91 Å². The number of H-pyrrole nitrogens is 1. The number of nitrogens with one attached hydrogen (secondary N) is 3. The Morgan fingerprint density at radius 3 is 2.54 bits per heavy atom. The van der Waals surface area contributed by atoms with E-state index in [9.17, 15) is 18.8 Å². The first-order valence-corrected chi connectivity index (χ1v) is 7.85. The molecule has 7 nitrogen and oxygen atoms in total. The van der Waals surface area contributed by atoms with Crippen molar-refractivity contribution in [1.29, 1.82) is 0 Å². The van der Waals surface area contributed by atoms with E-state index in [1.165, 1.54) is 12.1 Å². The number of hydrazine groups is 1. The summed E-state index contributed by atoms with van der Waals surface area (Å²) in [5.41, 5.74) is 5.83. The molecular weight excluding hydrogens is 339 g/mol. The molecule has 0 bridgehead atoms. The summed E-state index contributed by atoms with van der Waals surface area (Å²) in [7, 11) is 0. The lowest BCUT2D eigenvalue weighted by molar-refractivity contribution is -0.121. The van der Waals surface area contributed by atoms with Gasteiger partial charge < -0.3 is 4.98 Å². The summed E-state index contributed by atoms with van der Waals surface area (Å²) in [5, 5.41) is 0. The van der Waals surface area contributed by atoms with Crippen LogP contribution < -0.4 is 16.4 Å². The van der Waals surface area contributed by atoms with Gasteiger partial charge in [-0.05, 0) is 36.4 Å². The van der Waals surface area contributed by atoms with E-state index in [2.05, 4.69) is 20.8 Å². The number of aromatic amines is 1. The number of aryl methyl sites for hydroxylation is 1. The molecule has 0 fully saturated rings. The Hall–Kier alpha value is -3.55. The fourth-order valence-electron chi connectivity index (χ4n) is 2.33. The summed E-state index contributed by atoms with van der Waals surface area (Å²) >= 11 is 0. The molecule has 2 amide bonds. The molecule has 2 aromatic carbocycles. The Morgan fingerprint density at radius 2 is 1.77 bits per heavy atom. The van der Waals surface area contributed by atoms with E-state index < -0.39 is 17.6 Å². The van der Waals surface area contributed by atoms with Crippen molar-refractivity contribution < 1.29 is 14.0 Å². The minimum absolute atomic E-state index is 0.0296. The normalized spacial score (nSPS) is 10.5. The predicted octanol–water partition coefficient (Wildman–Crippen LogP) is 1.46. The van der Waals surface area contributed by atoms with Gasteiger partial charge in [-0.1, -0.05) is 12.1 Å². The zero-order valence-corrected chi connectivity index (χ0v) is 13.6. The largest absolute Gasteiger partial charge is 0.319 e. The lowest BCUT2D eigenvalue weighted by Crippen LogP contribution is -2.41. The number of para-hydroxylation sites is 2. The molecule has 0 saturated heterocycles. The summed E-state index contributed by atoms with van der Waals surface area (Å²) in [6.45, 7) is 0. The van der Waals surface area contributed by atoms with E-state index in [0.717, 1.165) is 12.1 Å². The molecule has 0 aliphatic heterocycles. The van der Waals surface area contributed by atoms with E-state index in [4.69, 9.17) is 0 Å². The van der Waals surface area contributed by atoms with Crippen molar-refractivity contribution in [1.82, 2.24) is 20.8 Å². The van der Waals surface area contributed by atoms with Crippen molar-refractivity contribution in [3.05, 3.63) is 76.0 Å². The molecule has 3 aromatic rings. The van der Waals surface area contributed by atoms with Crippen LogP contribution in [-0.4, -0.2) is 21.8 Å². The summed E-state index contributed by atoms with van der Waals surface area (Å²) in [5.74, 6) is -1.51. The number of carbonyl (C=O) groups is 2. The van der Waals surface area contributed by atoms with Gasteiger partial charge in [-0.25, -0.2) is 9.37 Å². The average Bonchev–Trinajstić information content (AvgIpc) is 2.65. The smallest absolute Gasteiger partial charge is 0.270 e. The van der Waals surface area contributed by atoms with Crippen molar-refractivity contribution in [2.45, 2.75) is 12.8 Å². The van der Waals surface area contributed by atoms with Crippen LogP contribution in [0.25, 0.3) is 11.0 Å². The van der Waals surface area contributed by atoms with Crippen LogP contribution in [0, 0.1) is 5.82 Å². The number of benzene rings is 2. The highest BCUT2D eigenvalue weighted by Crippen LogP contribution is 2.07. The number of carbonyl (C=O) groups excluding carboxylic acids is 2. The predicted molar refractivity (Wildman–Crippen MR) is 92.7 cm³/mol. The highest BCUT2D eigenvalue weighted by atomic mass is 19.1. The van der Waals surface area contributed by atoms with E-state index in [0.29, 0.717) is 11.0 Å². The Labute approximate surface area is 147 Å². The maximum atomic E-state index is 12.8. The number of nitrogens with zero attached hydrogens (tertiary/aromatic N) is 1. The van der Waals surface area contributed by atoms with Crippen molar-refractivity contribution in [2.75, 3.05) is 0 Å². The minimum atomic E-state index is -0.569. The molecule has 26 heavy (non-hydrogen) atoms. The van der Waals surface area contributed by atoms with E-state index in [-0.39, 0.29) is 29.7 Å². The number of rotatable bonds is 4. The Balaban J connectivity index is 1.56. The zero-order valence-electron chi connectivity index (χ0n) is 13.6. The lowest BCUT2D eigenvalue weighted by atomic mass is 10.2. The molecule has 0 radical (unpaired) electrons. The molecule has 3 rings (SSSR count). The summed E-state index contributed by atoms with van der Waals surface area (Å²) in [4.78, 5) is 42.6. The molecule has 1 heterocycles. The Bertz CT molecular complexity index is 1010. The fraction of sp³-hybridized carbons (Fsp3) is 0.111. The highest BCUT2D eigenvalue weighted by molar-refractivity contribution is 5.95. The van der Waals surface area contributed by atoms with Gasteiger partial charge in [0.15, 0.2) is 0 Å². The van der Waals surface area contributed by atoms with Crippen LogP contribution >= 0.6 is 0 Å². The minimum Gasteiger partial charge on any atom is -0.319 e. The zero-order chi connectivity index (χ0) is 18.5. The van der Waals surface area contributed by atoms with Crippen LogP contribution in [0.4, 0.5) is 4.39 Å². The van der Waals surface area contributed by atoms with Gasteiger partial charge in [-0.15, -0.1) is 0 Å². The van der Waals surface area contributed by atoms with Crippen molar-refractivity contribution >= 4 is 22.8 Å². The maximum absolute atomic E-state index is 12.8. The van der Waals surface area contributed by atoms with E-state index >= 15 is 0 Å². The molecule has 0 unspecified atom stereocenters. The van der Waals surface area contributed by atoms with Gasteiger partial charge >= 0.3 is 0 Å². The van der Waals surface area contributed by atoms with Crippen molar-refractivity contribution in [3.8, 4) is 0 Å². The monoisotopic (exact) mass is 354 g/mol. The van der Waals surface area contributed by atoms with Crippen molar-refractivity contribution in [2.24, 2.45) is 0 Å². The Morgan fingerprint density at radius 1 is 1.04 bits per heavy atom. The molecule has 132 valence electrons. The summed E-state index contributed by atoms with van der Waals surface area (Å²) < 4.78 is 12.8. The summed E-state index contributed by atoms with van der Waals surface area (Å²) in [6, 6.07) is 12.0. The maximum Gasteiger partial charge on any atom is 0.270 e. The first kappa shape index (κ1) is 17.3. The van der Waals surface area contributed by atoms with Gasteiger partial charge in [-0.2, -0.15) is 0 Å². The first-order valence-electron chi connectivity index (χ1n) is 7.85. The van der Waals surface area contributed by atoms with Gasteiger partial charge in [-0.3, -0.25) is 25.2 Å². The second-order valence-electron chi connectivity index (χ2n) is 5.54. The molecule has 0 saturated carbocycles. The fourth-order valence-corrected chi connectivity index (χ4v) is 2.33. The first-order chi connectivity index (χ1) is 12.5. The lowest BCUT2D eigenvalue weighted by Gasteiger charge is -2.07. The molecule has 3 N–H and O–H groups in total. The molecule has 0 atom stereocenters. The van der Waals surface area contributed by atoms with E-state index in [1.807, 2.05) is 0 Å². The van der Waals surface area contributed by atoms with Crippen molar-refractivity contribution in [3.63, 3.8) is 0 Å². The third-order valence-corrected chi connectivity index (χ3v) is 3.68. The molecule has 0 aliphatic carbocycles. The topological polar surface area (TPSA) is 104 Å². The second kappa shape index (κ2) is 7.56. The number of hydrogen-bond donors (Lipinski definition) is 3. The number of fused-ring (bicyclic) bond motifs is 1. The SMILES string of the molecule is O=C(CCc1nc2ccccc2[nH]c1=O)NNC(=O)c1ccc(F)cc1. The Kier molecular flexibility index (Phi) is 5.02. The van der Waals surface area contributed by atoms with Crippen LogP contribution in [-0.2, 0) is 11.2 Å². The highest BCUT2D eigenvalue weighted by Gasteiger charge is 2.10. The third kappa shape index (κ3) is 4.10. The van der Waals surface area contributed by atoms with Crippen LogP contribution in [0.5, 0.6) is 0 Å². The van der Waals surface area contributed by atoms with Crippen LogP contribution in [0.2, 0.25) is 0 Å². The van der Waals surface area contributed by atoms with Gasteiger partial charge in [0.05, 0.1) is 11.0 Å². The number of aromatic nitrogens is 2. The van der Waals surface area contributed by atoms with Crippen LogP contribution in [0.15, 0.2) is 53.3 Å². The molecule has 8 heteroatoms. The van der Waals surface area contributed by atoms with Crippen LogP contribution in [0.1, 0.15) is 22.5 Å². The second-order valence-corrected chi connectivity index (χ2v) is 5.54. The van der Waals surface area contributed by atoms with Gasteiger partial charge in [0.25, 0.3) is 11.5 Å². The quantitative estimate of drug-likeness (QED) is 0.617. The van der Waals surface area contributed by atoms with Gasteiger partial charge in [0.1, 0.15) is 11.5 Å². The molecule has 0 aliphatic rings. The molecule has 1 aromatic heterocycles. The van der Waals surface area contributed by atoms with Gasteiger partial charge in [0, 0.05) is 18.4 Å². The average molecular weight is 354 g/mol. The molecule has 0 spiro atoms. The standard InChI is InChI=1S/C18H15FN4O3/c19-12-7-5-11(6-8-12)17(25)23-22-16(24)10-9-15-18(26)21-14-4-2-1-3-13(14)20-15/h1-8H,9-10H2,(H,21,26)(H,22,24)(H,23,25). The third-order valence-electron chi connectivity index (χ3n) is 3.68. The van der Waals surface area contributed by atoms with Crippen LogP contribution in [0.3, 0.4) is 0 Å². The summed E-state index contributed by atoms with van der Waals surface area (Å²) in [6.07, 6.45) is 0.0938. The number of amides is 2. The number of hydrogen-bond acceptors (Lipinski definition) is 4.